The van der Waals surface area contributed by atoms with Crippen LogP contribution in [0.5, 0.6) is 0 Å². The van der Waals surface area contributed by atoms with Gasteiger partial charge in [-0.05, 0) is 12.0 Å². The smallest absolute Gasteiger partial charge is 0.266 e. The SMILES string of the molecule is CC(C)c1cc(C(=O)NN)c[nH]1. The van der Waals surface area contributed by atoms with E-state index in [4.69, 9.17) is 5.84 Å². The van der Waals surface area contributed by atoms with Gasteiger partial charge >= 0.3 is 0 Å². The van der Waals surface area contributed by atoms with E-state index < -0.39 is 0 Å². The van der Waals surface area contributed by atoms with E-state index in [-0.39, 0.29) is 5.91 Å². The summed E-state index contributed by atoms with van der Waals surface area (Å²) in [5, 5.41) is 0. The molecular formula is C8H13N3O. The lowest BCUT2D eigenvalue weighted by atomic mass is 10.1. The van der Waals surface area contributed by atoms with Crippen molar-refractivity contribution in [2.45, 2.75) is 19.8 Å². The van der Waals surface area contributed by atoms with Crippen LogP contribution in [0.3, 0.4) is 0 Å². The molecule has 0 radical (unpaired) electrons. The lowest BCUT2D eigenvalue weighted by molar-refractivity contribution is 0.0954. The van der Waals surface area contributed by atoms with Crippen molar-refractivity contribution in [3.63, 3.8) is 0 Å². The minimum absolute atomic E-state index is 0.266. The molecule has 12 heavy (non-hydrogen) atoms. The molecule has 0 atom stereocenters. The molecule has 1 heterocycles. The van der Waals surface area contributed by atoms with Crippen LogP contribution in [-0.4, -0.2) is 10.9 Å². The highest BCUT2D eigenvalue weighted by Crippen LogP contribution is 2.13. The van der Waals surface area contributed by atoms with Gasteiger partial charge in [0, 0.05) is 11.9 Å². The van der Waals surface area contributed by atoms with Gasteiger partial charge in [0.25, 0.3) is 5.91 Å². The highest BCUT2D eigenvalue weighted by molar-refractivity contribution is 5.93. The van der Waals surface area contributed by atoms with Crippen molar-refractivity contribution in [1.82, 2.24) is 10.4 Å². The third-order valence-electron chi connectivity index (χ3n) is 1.72. The van der Waals surface area contributed by atoms with Crippen molar-refractivity contribution >= 4 is 5.91 Å². The van der Waals surface area contributed by atoms with E-state index in [1.165, 1.54) is 0 Å². The molecular weight excluding hydrogens is 154 g/mol. The zero-order valence-corrected chi connectivity index (χ0v) is 7.22. The molecule has 0 saturated heterocycles. The van der Waals surface area contributed by atoms with E-state index in [0.717, 1.165) is 5.69 Å². The Morgan fingerprint density at radius 1 is 1.67 bits per heavy atom. The number of H-pyrrole nitrogens is 1. The summed E-state index contributed by atoms with van der Waals surface area (Å²) in [6.45, 7) is 4.10. The highest BCUT2D eigenvalue weighted by Gasteiger charge is 2.07. The van der Waals surface area contributed by atoms with Crippen LogP contribution in [0.15, 0.2) is 12.3 Å². The van der Waals surface area contributed by atoms with Crippen LogP contribution in [0, 0.1) is 0 Å². The van der Waals surface area contributed by atoms with E-state index in [1.807, 2.05) is 0 Å². The van der Waals surface area contributed by atoms with Gasteiger partial charge in [0.15, 0.2) is 0 Å². The predicted molar refractivity (Wildman–Crippen MR) is 46.5 cm³/mol. The monoisotopic (exact) mass is 167 g/mol. The van der Waals surface area contributed by atoms with Crippen molar-refractivity contribution in [1.29, 1.82) is 0 Å². The predicted octanol–water partition coefficient (Wildman–Crippen LogP) is 0.742. The van der Waals surface area contributed by atoms with E-state index in [0.29, 0.717) is 11.5 Å². The van der Waals surface area contributed by atoms with E-state index in [9.17, 15) is 4.79 Å². The van der Waals surface area contributed by atoms with Crippen LogP contribution in [-0.2, 0) is 0 Å². The molecule has 1 amide bonds. The number of rotatable bonds is 2. The maximum absolute atomic E-state index is 11.0. The van der Waals surface area contributed by atoms with Crippen LogP contribution >= 0.6 is 0 Å². The number of hydrogen-bond acceptors (Lipinski definition) is 2. The summed E-state index contributed by atoms with van der Waals surface area (Å²) >= 11 is 0. The fourth-order valence-corrected chi connectivity index (χ4v) is 0.960. The minimum atomic E-state index is -0.266. The molecule has 1 aromatic rings. The molecule has 0 aliphatic carbocycles. The number of nitrogens with one attached hydrogen (secondary N) is 2. The van der Waals surface area contributed by atoms with Gasteiger partial charge in [-0.25, -0.2) is 5.84 Å². The Hall–Kier alpha value is -1.29. The van der Waals surface area contributed by atoms with Crippen LogP contribution in [0.2, 0.25) is 0 Å². The summed E-state index contributed by atoms with van der Waals surface area (Å²) in [6.07, 6.45) is 1.65. The summed E-state index contributed by atoms with van der Waals surface area (Å²) < 4.78 is 0. The third-order valence-corrected chi connectivity index (χ3v) is 1.72. The van der Waals surface area contributed by atoms with Gasteiger partial charge in [-0.1, -0.05) is 13.8 Å². The molecule has 4 heteroatoms. The molecule has 1 aromatic heterocycles. The number of carbonyl (C=O) groups excluding carboxylic acids is 1. The normalized spacial score (nSPS) is 10.3. The first-order valence-electron chi connectivity index (χ1n) is 3.84. The minimum Gasteiger partial charge on any atom is -0.364 e. The number of carbonyl (C=O) groups is 1. The first kappa shape index (κ1) is 8.80. The molecule has 0 aliphatic rings. The average molecular weight is 167 g/mol. The molecule has 0 aliphatic heterocycles. The summed E-state index contributed by atoms with van der Waals surface area (Å²) in [4.78, 5) is 14.0. The molecule has 1 rings (SSSR count). The number of nitrogens with two attached hydrogens (primary N) is 1. The van der Waals surface area contributed by atoms with Crippen molar-refractivity contribution in [2.75, 3.05) is 0 Å². The molecule has 0 bridgehead atoms. The first-order valence-corrected chi connectivity index (χ1v) is 3.84. The summed E-state index contributed by atoms with van der Waals surface area (Å²) in [5.41, 5.74) is 3.68. The largest absolute Gasteiger partial charge is 0.364 e. The lowest BCUT2D eigenvalue weighted by Crippen LogP contribution is -2.29. The van der Waals surface area contributed by atoms with Crippen molar-refractivity contribution < 1.29 is 4.79 Å². The summed E-state index contributed by atoms with van der Waals surface area (Å²) in [6, 6.07) is 1.80. The van der Waals surface area contributed by atoms with Gasteiger partial charge in [-0.15, -0.1) is 0 Å². The Balaban J connectivity index is 2.84. The summed E-state index contributed by atoms with van der Waals surface area (Å²) in [7, 11) is 0. The quantitative estimate of drug-likeness (QED) is 0.345. The third kappa shape index (κ3) is 1.65. The van der Waals surface area contributed by atoms with Crippen molar-refractivity contribution in [2.24, 2.45) is 5.84 Å². The van der Waals surface area contributed by atoms with Gasteiger partial charge in [-0.3, -0.25) is 10.2 Å². The number of amides is 1. The number of aromatic amines is 1. The topological polar surface area (TPSA) is 70.9 Å². The molecule has 0 spiro atoms. The van der Waals surface area contributed by atoms with Gasteiger partial charge in [0.2, 0.25) is 0 Å². The number of aromatic nitrogens is 1. The fourth-order valence-electron chi connectivity index (χ4n) is 0.960. The number of nitrogen functional groups attached to an aromatic ring is 1. The van der Waals surface area contributed by atoms with Gasteiger partial charge in [-0.2, -0.15) is 0 Å². The van der Waals surface area contributed by atoms with Crippen LogP contribution in [0.25, 0.3) is 0 Å². The molecule has 0 aromatic carbocycles. The number of hydrazine groups is 1. The standard InChI is InChI=1S/C8H13N3O/c1-5(2)7-3-6(4-10-7)8(12)11-9/h3-5,10H,9H2,1-2H3,(H,11,12). The molecule has 66 valence electrons. The molecule has 4 nitrogen and oxygen atoms in total. The van der Waals surface area contributed by atoms with E-state index in [1.54, 1.807) is 12.3 Å². The zero-order valence-electron chi connectivity index (χ0n) is 7.22. The lowest BCUT2D eigenvalue weighted by Gasteiger charge is -1.98. The fraction of sp³-hybridized carbons (Fsp3) is 0.375. The van der Waals surface area contributed by atoms with Crippen molar-refractivity contribution in [3.8, 4) is 0 Å². The Morgan fingerprint density at radius 3 is 2.75 bits per heavy atom. The highest BCUT2D eigenvalue weighted by atomic mass is 16.2. The Labute approximate surface area is 71.1 Å². The maximum Gasteiger partial charge on any atom is 0.266 e. The zero-order chi connectivity index (χ0) is 9.14. The molecule has 0 fully saturated rings. The van der Waals surface area contributed by atoms with Crippen LogP contribution < -0.4 is 11.3 Å². The second-order valence-electron chi connectivity index (χ2n) is 2.97. The Morgan fingerprint density at radius 2 is 2.33 bits per heavy atom. The van der Waals surface area contributed by atoms with E-state index >= 15 is 0 Å². The average Bonchev–Trinajstić information content (AvgIpc) is 2.51. The Bertz CT molecular complexity index is 278. The van der Waals surface area contributed by atoms with Gasteiger partial charge < -0.3 is 4.98 Å². The van der Waals surface area contributed by atoms with Gasteiger partial charge in [0.1, 0.15) is 0 Å². The maximum atomic E-state index is 11.0. The molecule has 4 N–H and O–H groups in total. The van der Waals surface area contributed by atoms with Crippen LogP contribution in [0.4, 0.5) is 0 Å². The molecule has 0 unspecified atom stereocenters. The van der Waals surface area contributed by atoms with Crippen LogP contribution in [0.1, 0.15) is 35.8 Å². The van der Waals surface area contributed by atoms with Crippen molar-refractivity contribution in [3.05, 3.63) is 23.5 Å². The number of hydrogen-bond donors (Lipinski definition) is 3. The Kier molecular flexibility index (Phi) is 2.50. The second-order valence-corrected chi connectivity index (χ2v) is 2.97. The molecule has 0 saturated carbocycles. The first-order chi connectivity index (χ1) is 5.65. The van der Waals surface area contributed by atoms with E-state index in [2.05, 4.69) is 24.3 Å². The van der Waals surface area contributed by atoms with Gasteiger partial charge in [0.05, 0.1) is 5.56 Å². The summed E-state index contributed by atoms with van der Waals surface area (Å²) in [5.74, 6) is 5.10. The second kappa shape index (κ2) is 3.40.